The summed E-state index contributed by atoms with van der Waals surface area (Å²) < 4.78 is 76.0. The van der Waals surface area contributed by atoms with E-state index in [1.807, 2.05) is 0 Å². The highest BCUT2D eigenvalue weighted by Crippen LogP contribution is 2.33. The van der Waals surface area contributed by atoms with E-state index in [1.54, 1.807) is 13.0 Å². The third kappa shape index (κ3) is 4.30. The van der Waals surface area contributed by atoms with Crippen LogP contribution >= 0.6 is 23.2 Å². The smallest absolute Gasteiger partial charge is 0.372 e. The van der Waals surface area contributed by atoms with Crippen molar-refractivity contribution >= 4 is 34.1 Å². The number of halogens is 7. The quantitative estimate of drug-likeness (QED) is 0.306. The summed E-state index contributed by atoms with van der Waals surface area (Å²) in [7, 11) is 0. The molecule has 0 fully saturated rings. The summed E-state index contributed by atoms with van der Waals surface area (Å²) in [6.07, 6.45) is -6.75. The van der Waals surface area contributed by atoms with Crippen LogP contribution in [-0.4, -0.2) is 38.5 Å². The second-order valence-electron chi connectivity index (χ2n) is 6.92. The summed E-state index contributed by atoms with van der Waals surface area (Å²) in [5, 5.41) is 4.12. The first-order valence-electron chi connectivity index (χ1n) is 9.28. The molecule has 4 rings (SSSR count). The fraction of sp³-hybridized carbons (Fsp3) is 0.200. The Balaban J connectivity index is 1.90. The first-order valence-corrected chi connectivity index (χ1v) is 10.0. The molecule has 0 bridgehead atoms. The minimum Gasteiger partial charge on any atom is -0.435 e. The minimum atomic E-state index is -5.11. The maximum atomic E-state index is 13.9. The molecule has 0 saturated heterocycles. The molecule has 0 aliphatic heterocycles. The normalized spacial score (nSPS) is 13.0. The number of hydrogen-bond donors (Lipinski definition) is 0. The standard InChI is InChI=1S/C20H11Cl2F5N4O3/c1-8-5-9(21)6-10-14(8)29-16(34-17(10)32)12-7-13(33-19(25)20(26,27)18(23)24)30-31(12)15-11(22)3-2-4-28-15/h2-7,18-19H,1H3. The van der Waals surface area contributed by atoms with Gasteiger partial charge in [0.1, 0.15) is 5.69 Å². The van der Waals surface area contributed by atoms with Gasteiger partial charge in [-0.1, -0.05) is 23.2 Å². The second-order valence-corrected chi connectivity index (χ2v) is 7.77. The van der Waals surface area contributed by atoms with Gasteiger partial charge in [-0.15, -0.1) is 5.10 Å². The van der Waals surface area contributed by atoms with Gasteiger partial charge < -0.3 is 9.15 Å². The van der Waals surface area contributed by atoms with Crippen molar-refractivity contribution in [2.75, 3.05) is 0 Å². The van der Waals surface area contributed by atoms with E-state index < -0.39 is 30.2 Å². The molecule has 0 N–H and O–H groups in total. The number of rotatable bonds is 6. The number of alkyl halides is 5. The molecule has 0 saturated carbocycles. The summed E-state index contributed by atoms with van der Waals surface area (Å²) in [5.41, 5.74) is -0.349. The van der Waals surface area contributed by atoms with Crippen molar-refractivity contribution in [3.05, 3.63) is 62.6 Å². The monoisotopic (exact) mass is 520 g/mol. The Labute approximate surface area is 196 Å². The highest BCUT2D eigenvalue weighted by molar-refractivity contribution is 6.32. The van der Waals surface area contributed by atoms with Gasteiger partial charge in [-0.25, -0.2) is 28.2 Å². The van der Waals surface area contributed by atoms with Crippen molar-refractivity contribution in [2.45, 2.75) is 25.6 Å². The topological polar surface area (TPSA) is 83.0 Å². The van der Waals surface area contributed by atoms with Crippen LogP contribution in [-0.2, 0) is 0 Å². The first-order chi connectivity index (χ1) is 16.0. The lowest BCUT2D eigenvalue weighted by molar-refractivity contribution is -0.222. The zero-order valence-corrected chi connectivity index (χ0v) is 18.3. The molecule has 1 unspecified atom stereocenters. The first kappa shape index (κ1) is 23.9. The van der Waals surface area contributed by atoms with Gasteiger partial charge >= 0.3 is 24.3 Å². The zero-order valence-electron chi connectivity index (χ0n) is 16.8. The van der Waals surface area contributed by atoms with Gasteiger partial charge in [0.2, 0.25) is 11.8 Å². The summed E-state index contributed by atoms with van der Waals surface area (Å²) in [5.74, 6) is -6.44. The number of benzene rings is 1. The van der Waals surface area contributed by atoms with Gasteiger partial charge in [0.15, 0.2) is 5.82 Å². The predicted molar refractivity (Wildman–Crippen MR) is 112 cm³/mol. The Kier molecular flexibility index (Phi) is 6.21. The van der Waals surface area contributed by atoms with Crippen molar-refractivity contribution in [3.8, 4) is 23.3 Å². The molecule has 3 heterocycles. The molecule has 0 spiro atoms. The molecule has 3 aromatic heterocycles. The molecule has 0 amide bonds. The highest BCUT2D eigenvalue weighted by Gasteiger charge is 2.52. The number of ether oxygens (including phenoxy) is 1. The Morgan fingerprint density at radius 2 is 1.91 bits per heavy atom. The molecule has 1 aromatic carbocycles. The predicted octanol–water partition coefficient (Wildman–Crippen LogP) is 5.63. The van der Waals surface area contributed by atoms with Crippen molar-refractivity contribution in [2.24, 2.45) is 0 Å². The Bertz CT molecular complexity index is 1440. The van der Waals surface area contributed by atoms with Crippen LogP contribution in [0.3, 0.4) is 0 Å². The summed E-state index contributed by atoms with van der Waals surface area (Å²) >= 11 is 12.1. The molecule has 0 aliphatic rings. The summed E-state index contributed by atoms with van der Waals surface area (Å²) in [6, 6.07) is 6.64. The lowest BCUT2D eigenvalue weighted by Crippen LogP contribution is -2.41. The lowest BCUT2D eigenvalue weighted by atomic mass is 10.1. The maximum Gasteiger partial charge on any atom is 0.372 e. The lowest BCUT2D eigenvalue weighted by Gasteiger charge is -2.19. The number of aromatic nitrogens is 4. The zero-order chi connectivity index (χ0) is 24.8. The van der Waals surface area contributed by atoms with Crippen molar-refractivity contribution in [1.82, 2.24) is 19.7 Å². The van der Waals surface area contributed by atoms with E-state index in [0.29, 0.717) is 5.56 Å². The third-order valence-corrected chi connectivity index (χ3v) is 5.06. The van der Waals surface area contributed by atoms with Crippen molar-refractivity contribution < 1.29 is 31.1 Å². The van der Waals surface area contributed by atoms with Gasteiger partial charge in [0, 0.05) is 17.3 Å². The fourth-order valence-electron chi connectivity index (χ4n) is 2.96. The summed E-state index contributed by atoms with van der Waals surface area (Å²) in [6.45, 7) is 1.63. The van der Waals surface area contributed by atoms with Crippen LogP contribution in [0, 0.1) is 6.92 Å². The van der Waals surface area contributed by atoms with Gasteiger partial charge in [0.25, 0.3) is 0 Å². The Hall–Kier alpha value is -3.25. The number of pyridine rings is 1. The van der Waals surface area contributed by atoms with E-state index in [1.165, 1.54) is 24.4 Å². The number of hydrogen-bond acceptors (Lipinski definition) is 6. The molecule has 1 atom stereocenters. The largest absolute Gasteiger partial charge is 0.435 e. The number of aryl methyl sites for hydroxylation is 1. The average molecular weight is 521 g/mol. The molecule has 34 heavy (non-hydrogen) atoms. The second kappa shape index (κ2) is 8.84. The minimum absolute atomic E-state index is 0.0132. The fourth-order valence-corrected chi connectivity index (χ4v) is 3.44. The van der Waals surface area contributed by atoms with Crippen LogP contribution in [0.15, 0.2) is 45.7 Å². The molecule has 14 heteroatoms. The van der Waals surface area contributed by atoms with Crippen LogP contribution < -0.4 is 10.4 Å². The Morgan fingerprint density at radius 3 is 2.59 bits per heavy atom. The van der Waals surface area contributed by atoms with E-state index in [-0.39, 0.29) is 38.4 Å². The van der Waals surface area contributed by atoms with Crippen LogP contribution in [0.25, 0.3) is 28.3 Å². The molecule has 4 aromatic rings. The van der Waals surface area contributed by atoms with Crippen molar-refractivity contribution in [1.29, 1.82) is 0 Å². The molecule has 0 aliphatic carbocycles. The summed E-state index contributed by atoms with van der Waals surface area (Å²) in [4.78, 5) is 20.8. The Morgan fingerprint density at radius 1 is 1.18 bits per heavy atom. The molecular formula is C20H11Cl2F5N4O3. The SMILES string of the molecule is Cc1cc(Cl)cc2c(=O)oc(-c3cc(OC(F)C(F)(F)C(F)F)nn3-c3ncccc3Cl)nc12. The van der Waals surface area contributed by atoms with E-state index in [0.717, 1.165) is 10.7 Å². The van der Waals surface area contributed by atoms with Crippen LogP contribution in [0.2, 0.25) is 10.0 Å². The van der Waals surface area contributed by atoms with Crippen molar-refractivity contribution in [3.63, 3.8) is 0 Å². The van der Waals surface area contributed by atoms with E-state index >= 15 is 0 Å². The molecule has 7 nitrogen and oxygen atoms in total. The molecule has 178 valence electrons. The third-order valence-electron chi connectivity index (χ3n) is 4.55. The van der Waals surface area contributed by atoms with E-state index in [4.69, 9.17) is 27.6 Å². The van der Waals surface area contributed by atoms with Crippen LogP contribution in [0.4, 0.5) is 22.0 Å². The number of nitrogens with zero attached hydrogens (tertiary/aromatic N) is 4. The maximum absolute atomic E-state index is 13.9. The molecule has 0 radical (unpaired) electrons. The van der Waals surface area contributed by atoms with Gasteiger partial charge in [-0.2, -0.15) is 13.2 Å². The molecular weight excluding hydrogens is 510 g/mol. The number of fused-ring (bicyclic) bond motifs is 1. The van der Waals surface area contributed by atoms with Crippen LogP contribution in [0.5, 0.6) is 5.88 Å². The van der Waals surface area contributed by atoms with E-state index in [2.05, 4.69) is 19.8 Å². The van der Waals surface area contributed by atoms with Gasteiger partial charge in [0.05, 0.1) is 15.9 Å². The van der Waals surface area contributed by atoms with Crippen LogP contribution in [0.1, 0.15) is 5.56 Å². The van der Waals surface area contributed by atoms with E-state index in [9.17, 15) is 26.7 Å². The van der Waals surface area contributed by atoms with Gasteiger partial charge in [-0.3, -0.25) is 0 Å². The van der Waals surface area contributed by atoms with Gasteiger partial charge in [-0.05, 0) is 36.8 Å². The average Bonchev–Trinajstić information content (AvgIpc) is 3.18. The highest BCUT2D eigenvalue weighted by atomic mass is 35.5.